The highest BCUT2D eigenvalue weighted by molar-refractivity contribution is 5.42. The van der Waals surface area contributed by atoms with Gasteiger partial charge >= 0.3 is 0 Å². The van der Waals surface area contributed by atoms with Crippen molar-refractivity contribution in [1.82, 2.24) is 0 Å². The van der Waals surface area contributed by atoms with Gasteiger partial charge in [-0.05, 0) is 55.7 Å². The van der Waals surface area contributed by atoms with E-state index in [2.05, 4.69) is 52.0 Å². The number of hydrogen-bond donors (Lipinski definition) is 0. The SMILES string of the molecule is CCc1cc(OC2=CC=C[C](C)C(C)=C2)ccc1C. The molecule has 0 fully saturated rings. The topological polar surface area (TPSA) is 9.23 Å². The maximum atomic E-state index is 5.97. The molecular formula is C18H21O. The van der Waals surface area contributed by atoms with Crippen LogP contribution in [-0.2, 0) is 6.42 Å². The number of rotatable bonds is 3. The molecular weight excluding hydrogens is 232 g/mol. The van der Waals surface area contributed by atoms with Crippen LogP contribution in [-0.4, -0.2) is 0 Å². The van der Waals surface area contributed by atoms with Gasteiger partial charge in [-0.3, -0.25) is 0 Å². The molecule has 1 aliphatic carbocycles. The Kier molecular flexibility index (Phi) is 4.26. The van der Waals surface area contributed by atoms with E-state index in [0.717, 1.165) is 17.9 Å². The van der Waals surface area contributed by atoms with Gasteiger partial charge in [-0.1, -0.05) is 37.6 Å². The maximum Gasteiger partial charge on any atom is 0.127 e. The van der Waals surface area contributed by atoms with Crippen LogP contribution in [0.3, 0.4) is 0 Å². The van der Waals surface area contributed by atoms with Gasteiger partial charge in [0.15, 0.2) is 0 Å². The lowest BCUT2D eigenvalue weighted by Gasteiger charge is -2.10. The van der Waals surface area contributed by atoms with Gasteiger partial charge in [-0.2, -0.15) is 0 Å². The third-order valence-electron chi connectivity index (χ3n) is 3.52. The summed E-state index contributed by atoms with van der Waals surface area (Å²) < 4.78 is 5.97. The van der Waals surface area contributed by atoms with Gasteiger partial charge in [0.1, 0.15) is 11.5 Å². The lowest BCUT2D eigenvalue weighted by atomic mass is 10.0. The molecule has 1 radical (unpaired) electrons. The van der Waals surface area contributed by atoms with Crippen LogP contribution >= 0.6 is 0 Å². The predicted molar refractivity (Wildman–Crippen MR) is 81.1 cm³/mol. The van der Waals surface area contributed by atoms with Crippen LogP contribution in [0.1, 0.15) is 31.9 Å². The summed E-state index contributed by atoms with van der Waals surface area (Å²) >= 11 is 0. The monoisotopic (exact) mass is 253 g/mol. The van der Waals surface area contributed by atoms with Crippen LogP contribution in [0.15, 0.2) is 53.8 Å². The summed E-state index contributed by atoms with van der Waals surface area (Å²) in [4.78, 5) is 0. The molecule has 0 amide bonds. The molecule has 0 aliphatic heterocycles. The van der Waals surface area contributed by atoms with Crippen LogP contribution in [0.25, 0.3) is 0 Å². The van der Waals surface area contributed by atoms with Crippen molar-refractivity contribution < 1.29 is 4.74 Å². The number of hydrogen-bond acceptors (Lipinski definition) is 1. The van der Waals surface area contributed by atoms with Crippen molar-refractivity contribution in [3.8, 4) is 5.75 Å². The van der Waals surface area contributed by atoms with Crippen molar-refractivity contribution in [2.24, 2.45) is 0 Å². The molecule has 0 heterocycles. The second-order valence-corrected chi connectivity index (χ2v) is 4.98. The first-order valence-electron chi connectivity index (χ1n) is 6.78. The summed E-state index contributed by atoms with van der Waals surface area (Å²) in [7, 11) is 0. The third kappa shape index (κ3) is 3.37. The van der Waals surface area contributed by atoms with E-state index >= 15 is 0 Å². The zero-order chi connectivity index (χ0) is 13.8. The number of aryl methyl sites for hydroxylation is 2. The first-order valence-corrected chi connectivity index (χ1v) is 6.78. The van der Waals surface area contributed by atoms with Gasteiger partial charge in [0.2, 0.25) is 0 Å². The quantitative estimate of drug-likeness (QED) is 0.742. The first kappa shape index (κ1) is 13.7. The van der Waals surface area contributed by atoms with Crippen molar-refractivity contribution in [1.29, 1.82) is 0 Å². The fraction of sp³-hybridized carbons (Fsp3) is 0.278. The van der Waals surface area contributed by atoms with Crippen LogP contribution in [0.5, 0.6) is 5.75 Å². The van der Waals surface area contributed by atoms with Gasteiger partial charge in [0.05, 0.1) is 0 Å². The van der Waals surface area contributed by atoms with E-state index in [-0.39, 0.29) is 0 Å². The summed E-state index contributed by atoms with van der Waals surface area (Å²) in [5.74, 6) is 3.07. The van der Waals surface area contributed by atoms with Gasteiger partial charge in [0, 0.05) is 5.92 Å². The van der Waals surface area contributed by atoms with Crippen LogP contribution in [0, 0.1) is 12.8 Å². The van der Waals surface area contributed by atoms with E-state index in [9.17, 15) is 0 Å². The Balaban J connectivity index is 2.22. The molecule has 0 aromatic heterocycles. The average molecular weight is 253 g/mol. The first-order chi connectivity index (χ1) is 9.10. The smallest absolute Gasteiger partial charge is 0.127 e. The van der Waals surface area contributed by atoms with Crippen molar-refractivity contribution in [3.63, 3.8) is 0 Å². The van der Waals surface area contributed by atoms with E-state index in [1.807, 2.05) is 18.2 Å². The Morgan fingerprint density at radius 1 is 1.11 bits per heavy atom. The second kappa shape index (κ2) is 5.92. The van der Waals surface area contributed by atoms with Gasteiger partial charge in [-0.15, -0.1) is 0 Å². The molecule has 1 aromatic rings. The van der Waals surface area contributed by atoms with Crippen LogP contribution in [0.4, 0.5) is 0 Å². The lowest BCUT2D eigenvalue weighted by Crippen LogP contribution is -1.96. The molecule has 2 rings (SSSR count). The second-order valence-electron chi connectivity index (χ2n) is 4.98. The summed E-state index contributed by atoms with van der Waals surface area (Å²) in [5, 5.41) is 0. The average Bonchev–Trinajstić information content (AvgIpc) is 2.54. The van der Waals surface area contributed by atoms with Crippen molar-refractivity contribution in [2.75, 3.05) is 0 Å². The van der Waals surface area contributed by atoms with E-state index in [4.69, 9.17) is 4.74 Å². The predicted octanol–water partition coefficient (Wildman–Crippen LogP) is 4.93. The molecule has 0 saturated heterocycles. The van der Waals surface area contributed by atoms with Crippen molar-refractivity contribution in [2.45, 2.75) is 34.1 Å². The van der Waals surface area contributed by atoms with E-state index < -0.39 is 0 Å². The highest BCUT2D eigenvalue weighted by atomic mass is 16.5. The number of allylic oxidation sites excluding steroid dienone is 5. The van der Waals surface area contributed by atoms with Gasteiger partial charge in [0.25, 0.3) is 0 Å². The molecule has 0 unspecified atom stereocenters. The van der Waals surface area contributed by atoms with Gasteiger partial charge < -0.3 is 4.74 Å². The molecule has 1 aliphatic rings. The maximum absolute atomic E-state index is 5.97. The molecule has 0 bridgehead atoms. The molecule has 0 N–H and O–H groups in total. The van der Waals surface area contributed by atoms with Crippen molar-refractivity contribution >= 4 is 0 Å². The van der Waals surface area contributed by atoms with Crippen LogP contribution in [0.2, 0.25) is 0 Å². The normalized spacial score (nSPS) is 15.8. The zero-order valence-electron chi connectivity index (χ0n) is 12.2. The Morgan fingerprint density at radius 3 is 2.63 bits per heavy atom. The lowest BCUT2D eigenvalue weighted by molar-refractivity contribution is 0.443. The summed E-state index contributed by atoms with van der Waals surface area (Å²) in [5.41, 5.74) is 3.90. The molecule has 0 atom stereocenters. The molecule has 1 nitrogen and oxygen atoms in total. The summed E-state index contributed by atoms with van der Waals surface area (Å²) in [6, 6.07) is 6.28. The molecule has 19 heavy (non-hydrogen) atoms. The Bertz CT molecular complexity index is 547. The minimum atomic E-state index is 0.886. The fourth-order valence-corrected chi connectivity index (χ4v) is 2.09. The molecule has 0 spiro atoms. The minimum Gasteiger partial charge on any atom is -0.457 e. The molecule has 99 valence electrons. The largest absolute Gasteiger partial charge is 0.457 e. The molecule has 1 aromatic carbocycles. The standard InChI is InChI=1S/C18H21O/c1-5-16-12-18(10-9-14(16)3)19-17-8-6-7-13(2)15(4)11-17/h6-12H,5H2,1-4H3. The van der Waals surface area contributed by atoms with E-state index in [1.54, 1.807) is 0 Å². The van der Waals surface area contributed by atoms with Gasteiger partial charge in [-0.25, -0.2) is 0 Å². The number of ether oxygens (including phenoxy) is 1. The number of benzene rings is 1. The van der Waals surface area contributed by atoms with E-state index in [0.29, 0.717) is 0 Å². The Labute approximate surface area is 116 Å². The van der Waals surface area contributed by atoms with Crippen LogP contribution < -0.4 is 4.74 Å². The zero-order valence-corrected chi connectivity index (χ0v) is 12.2. The Morgan fingerprint density at radius 2 is 1.89 bits per heavy atom. The Hall–Kier alpha value is -1.76. The fourth-order valence-electron chi connectivity index (χ4n) is 2.09. The molecule has 1 heteroatoms. The summed E-state index contributed by atoms with van der Waals surface area (Å²) in [6.45, 7) is 8.52. The summed E-state index contributed by atoms with van der Waals surface area (Å²) in [6.07, 6.45) is 9.26. The third-order valence-corrected chi connectivity index (χ3v) is 3.52. The van der Waals surface area contributed by atoms with E-state index in [1.165, 1.54) is 22.6 Å². The highest BCUT2D eigenvalue weighted by Gasteiger charge is 2.07. The molecule has 0 saturated carbocycles. The minimum absolute atomic E-state index is 0.886. The highest BCUT2D eigenvalue weighted by Crippen LogP contribution is 2.24. The van der Waals surface area contributed by atoms with Crippen molar-refractivity contribution in [3.05, 3.63) is 70.9 Å².